The SMILES string of the molecule is Cc1ccnc(C)c1N(C(=N)/C=C\C=N)c1cccc(-c2cccc3sc(-c4cc(C(C)(C)C)cc(C(C)(C)C)c4O)nc23)c1. The lowest BCUT2D eigenvalue weighted by Crippen LogP contribution is -2.25. The summed E-state index contributed by atoms with van der Waals surface area (Å²) in [5, 5.41) is 28.7. The number of phenols is 1. The monoisotopic (exact) mass is 615 g/mol. The van der Waals surface area contributed by atoms with Crippen molar-refractivity contribution in [2.45, 2.75) is 66.2 Å². The minimum Gasteiger partial charge on any atom is -0.507 e. The van der Waals surface area contributed by atoms with Gasteiger partial charge in [0.05, 0.1) is 27.2 Å². The van der Waals surface area contributed by atoms with E-state index in [4.69, 9.17) is 15.8 Å². The van der Waals surface area contributed by atoms with Gasteiger partial charge in [-0.25, -0.2) is 4.98 Å². The third-order valence-corrected chi connectivity index (χ3v) is 9.03. The van der Waals surface area contributed by atoms with Crippen LogP contribution in [-0.4, -0.2) is 27.1 Å². The number of fused-ring (bicyclic) bond motifs is 1. The van der Waals surface area contributed by atoms with Gasteiger partial charge < -0.3 is 10.5 Å². The van der Waals surface area contributed by atoms with E-state index in [1.165, 1.54) is 6.21 Å². The molecule has 0 bridgehead atoms. The molecule has 2 aromatic heterocycles. The van der Waals surface area contributed by atoms with Gasteiger partial charge in [0.25, 0.3) is 0 Å². The Morgan fingerprint density at radius 3 is 2.31 bits per heavy atom. The van der Waals surface area contributed by atoms with Gasteiger partial charge in [0, 0.05) is 29.2 Å². The van der Waals surface area contributed by atoms with Crippen LogP contribution in [0.5, 0.6) is 5.75 Å². The predicted octanol–water partition coefficient (Wildman–Crippen LogP) is 10.3. The number of allylic oxidation sites excluding steroid dienone is 1. The molecule has 0 radical (unpaired) electrons. The van der Waals surface area contributed by atoms with E-state index in [1.807, 2.05) is 43.0 Å². The smallest absolute Gasteiger partial charge is 0.129 e. The fourth-order valence-electron chi connectivity index (χ4n) is 5.54. The van der Waals surface area contributed by atoms with E-state index in [2.05, 4.69) is 82.9 Å². The summed E-state index contributed by atoms with van der Waals surface area (Å²) in [5.41, 5.74) is 8.77. The van der Waals surface area contributed by atoms with Crippen LogP contribution in [0.3, 0.4) is 0 Å². The molecule has 0 aliphatic heterocycles. The number of pyridine rings is 1. The number of para-hydroxylation sites is 1. The molecule has 230 valence electrons. The van der Waals surface area contributed by atoms with Gasteiger partial charge in [-0.2, -0.15) is 0 Å². The van der Waals surface area contributed by atoms with E-state index in [9.17, 15) is 5.11 Å². The lowest BCUT2D eigenvalue weighted by Gasteiger charge is -2.27. The van der Waals surface area contributed by atoms with Gasteiger partial charge in [0.1, 0.15) is 16.6 Å². The molecule has 0 spiro atoms. The third-order valence-electron chi connectivity index (χ3n) is 7.97. The van der Waals surface area contributed by atoms with Crippen molar-refractivity contribution in [2.75, 3.05) is 4.90 Å². The fraction of sp³-hybridized carbons (Fsp3) is 0.263. The second-order valence-corrected chi connectivity index (χ2v) is 14.5. The number of aryl methyl sites for hydroxylation is 2. The molecular formula is C38H41N5OS. The van der Waals surface area contributed by atoms with Crippen molar-refractivity contribution < 1.29 is 5.11 Å². The van der Waals surface area contributed by atoms with Crippen LogP contribution in [0.25, 0.3) is 31.9 Å². The van der Waals surface area contributed by atoms with Crippen molar-refractivity contribution in [3.05, 3.63) is 101 Å². The number of thiazole rings is 1. The zero-order chi connectivity index (χ0) is 32.7. The predicted molar refractivity (Wildman–Crippen MR) is 191 cm³/mol. The summed E-state index contributed by atoms with van der Waals surface area (Å²) in [6.45, 7) is 16.9. The maximum atomic E-state index is 11.6. The Morgan fingerprint density at radius 1 is 0.911 bits per heavy atom. The average molecular weight is 616 g/mol. The van der Waals surface area contributed by atoms with Gasteiger partial charge in [-0.15, -0.1) is 11.3 Å². The van der Waals surface area contributed by atoms with Crippen LogP contribution in [0.2, 0.25) is 0 Å². The van der Waals surface area contributed by atoms with Crippen LogP contribution in [0, 0.1) is 24.7 Å². The topological polar surface area (TPSA) is 97.0 Å². The average Bonchev–Trinajstić information content (AvgIpc) is 3.41. The number of amidine groups is 1. The summed E-state index contributed by atoms with van der Waals surface area (Å²) in [4.78, 5) is 11.5. The van der Waals surface area contributed by atoms with Gasteiger partial charge >= 0.3 is 0 Å². The van der Waals surface area contributed by atoms with E-state index in [1.54, 1.807) is 29.7 Å². The number of anilines is 2. The molecule has 6 nitrogen and oxygen atoms in total. The highest BCUT2D eigenvalue weighted by atomic mass is 32.1. The maximum Gasteiger partial charge on any atom is 0.129 e. The van der Waals surface area contributed by atoms with Crippen molar-refractivity contribution in [3.8, 4) is 27.4 Å². The molecule has 3 aromatic carbocycles. The standard InChI is InChI=1S/C38H41N5OS/c1-23-17-19-41-24(2)34(23)43(32(40)16-11-18-39)27-13-9-12-25(20-27)28-14-10-15-31-33(28)42-36(45-31)29-21-26(37(3,4)5)22-30(35(29)44)38(6,7)8/h9-22,39-40,44H,1-8H3/b16-11-,39-18?,40-32?. The zero-order valence-corrected chi connectivity index (χ0v) is 28.1. The molecule has 7 heteroatoms. The first-order chi connectivity index (χ1) is 21.2. The Morgan fingerprint density at radius 2 is 1.64 bits per heavy atom. The maximum absolute atomic E-state index is 11.6. The molecule has 45 heavy (non-hydrogen) atoms. The molecule has 5 aromatic rings. The zero-order valence-electron chi connectivity index (χ0n) is 27.3. The Labute approximate surface area is 270 Å². The first-order valence-electron chi connectivity index (χ1n) is 15.1. The third kappa shape index (κ3) is 6.31. The van der Waals surface area contributed by atoms with Gasteiger partial charge in [0.2, 0.25) is 0 Å². The van der Waals surface area contributed by atoms with Crippen LogP contribution < -0.4 is 4.90 Å². The highest BCUT2D eigenvalue weighted by molar-refractivity contribution is 7.21. The van der Waals surface area contributed by atoms with E-state index >= 15 is 0 Å². The van der Waals surface area contributed by atoms with Gasteiger partial charge in [-0.3, -0.25) is 15.3 Å². The molecule has 0 saturated carbocycles. The van der Waals surface area contributed by atoms with Crippen LogP contribution in [0.15, 0.2) is 79.0 Å². The first kappa shape index (κ1) is 31.8. The van der Waals surface area contributed by atoms with Crippen LogP contribution in [0.1, 0.15) is 63.9 Å². The molecule has 5 rings (SSSR count). The summed E-state index contributed by atoms with van der Waals surface area (Å²) < 4.78 is 1.03. The van der Waals surface area contributed by atoms with Crippen molar-refractivity contribution >= 4 is 45.0 Å². The number of phenolic OH excluding ortho intramolecular Hbond substituents is 1. The summed E-state index contributed by atoms with van der Waals surface area (Å²) in [5.74, 6) is 0.514. The summed E-state index contributed by atoms with van der Waals surface area (Å²) >= 11 is 1.58. The van der Waals surface area contributed by atoms with E-state index in [0.29, 0.717) is 0 Å². The molecule has 0 atom stereocenters. The van der Waals surface area contributed by atoms with E-state index < -0.39 is 0 Å². The molecule has 0 aliphatic carbocycles. The summed E-state index contributed by atoms with van der Waals surface area (Å²) in [7, 11) is 0. The van der Waals surface area contributed by atoms with Crippen molar-refractivity contribution in [3.63, 3.8) is 0 Å². The Balaban J connectivity index is 1.68. The van der Waals surface area contributed by atoms with Gasteiger partial charge in [0.15, 0.2) is 0 Å². The largest absolute Gasteiger partial charge is 0.507 e. The number of aromatic nitrogens is 2. The molecule has 0 aliphatic rings. The second kappa shape index (κ2) is 12.1. The molecule has 2 heterocycles. The van der Waals surface area contributed by atoms with Crippen molar-refractivity contribution in [1.29, 1.82) is 10.8 Å². The number of hydrogen-bond acceptors (Lipinski definition) is 6. The van der Waals surface area contributed by atoms with Crippen molar-refractivity contribution in [2.24, 2.45) is 0 Å². The summed E-state index contributed by atoms with van der Waals surface area (Å²) in [6.07, 6.45) is 6.11. The number of rotatable bonds is 6. The number of nitrogens with one attached hydrogen (secondary N) is 2. The Bertz CT molecular complexity index is 1940. The second-order valence-electron chi connectivity index (χ2n) is 13.4. The normalized spacial score (nSPS) is 12.2. The highest BCUT2D eigenvalue weighted by Crippen LogP contribution is 2.45. The lowest BCUT2D eigenvalue weighted by molar-refractivity contribution is 0.446. The molecule has 0 amide bonds. The summed E-state index contributed by atoms with van der Waals surface area (Å²) in [6, 6.07) is 20.5. The fourth-order valence-corrected chi connectivity index (χ4v) is 6.55. The molecule has 0 fully saturated rings. The van der Waals surface area contributed by atoms with Gasteiger partial charge in [-0.1, -0.05) is 71.9 Å². The number of nitrogens with zero attached hydrogens (tertiary/aromatic N) is 3. The van der Waals surface area contributed by atoms with Gasteiger partial charge in [-0.05, 0) is 83.9 Å². The quantitative estimate of drug-likeness (QED) is 0.131. The molecule has 0 saturated heterocycles. The lowest BCUT2D eigenvalue weighted by atomic mass is 9.79. The minimum absolute atomic E-state index is 0.0941. The van der Waals surface area contributed by atoms with Crippen LogP contribution >= 0.6 is 11.3 Å². The Kier molecular flexibility index (Phi) is 8.51. The molecular weight excluding hydrogens is 575 g/mol. The van der Waals surface area contributed by atoms with Crippen LogP contribution in [-0.2, 0) is 10.8 Å². The molecule has 3 N–H and O–H groups in total. The minimum atomic E-state index is -0.235. The van der Waals surface area contributed by atoms with Crippen molar-refractivity contribution in [1.82, 2.24) is 9.97 Å². The highest BCUT2D eigenvalue weighted by Gasteiger charge is 2.27. The first-order valence-corrected chi connectivity index (χ1v) is 15.9. The number of aromatic hydroxyl groups is 1. The Hall–Kier alpha value is -4.62. The number of benzene rings is 3. The van der Waals surface area contributed by atoms with E-state index in [0.717, 1.165) is 65.7 Å². The van der Waals surface area contributed by atoms with Crippen LogP contribution in [0.4, 0.5) is 11.4 Å². The van der Waals surface area contributed by atoms with E-state index in [-0.39, 0.29) is 22.4 Å². The molecule has 0 unspecified atom stereocenters. The number of hydrogen-bond donors (Lipinski definition) is 3.